The van der Waals surface area contributed by atoms with E-state index < -0.39 is 34.0 Å². The van der Waals surface area contributed by atoms with Crippen molar-refractivity contribution in [2.45, 2.75) is 19.7 Å². The second-order valence-electron chi connectivity index (χ2n) is 5.61. The maximum atomic E-state index is 12.2. The lowest BCUT2D eigenvalue weighted by molar-refractivity contribution is -0.274. The molecule has 0 saturated carbocycles. The Kier molecular flexibility index (Phi) is 5.43. The van der Waals surface area contributed by atoms with Crippen LogP contribution < -0.4 is 10.1 Å². The molecule has 1 N–H and O–H groups in total. The first-order valence-corrected chi connectivity index (χ1v) is 8.75. The van der Waals surface area contributed by atoms with Crippen LogP contribution in [0.3, 0.4) is 0 Å². The van der Waals surface area contributed by atoms with E-state index >= 15 is 0 Å². The Labute approximate surface area is 143 Å². The van der Waals surface area contributed by atoms with Gasteiger partial charge < -0.3 is 10.1 Å². The molecule has 0 bridgehead atoms. The first-order valence-electron chi connectivity index (χ1n) is 7.31. The number of nitrogens with zero attached hydrogens (tertiary/aromatic N) is 1. The summed E-state index contributed by atoms with van der Waals surface area (Å²) < 4.78 is 65.2. The molecule has 1 aliphatic heterocycles. The fraction of sp³-hybridized carbons (Fsp3) is 0.400. The van der Waals surface area contributed by atoms with Crippen LogP contribution in [0.15, 0.2) is 35.7 Å². The third-order valence-electron chi connectivity index (χ3n) is 3.66. The summed E-state index contributed by atoms with van der Waals surface area (Å²) in [5.41, 5.74) is 0.292. The summed E-state index contributed by atoms with van der Waals surface area (Å²) in [5.74, 6) is -1.34. The average molecular weight is 378 g/mol. The van der Waals surface area contributed by atoms with Crippen molar-refractivity contribution in [2.75, 3.05) is 18.4 Å². The van der Waals surface area contributed by atoms with Gasteiger partial charge in [-0.2, -0.15) is 4.31 Å². The zero-order valence-corrected chi connectivity index (χ0v) is 14.2. The van der Waals surface area contributed by atoms with Gasteiger partial charge in [-0.1, -0.05) is 6.58 Å². The van der Waals surface area contributed by atoms with Gasteiger partial charge in [-0.05, 0) is 37.6 Å². The first-order chi connectivity index (χ1) is 11.5. The van der Waals surface area contributed by atoms with Gasteiger partial charge in [0, 0.05) is 23.7 Å². The SMILES string of the molecule is C=C(C)S(=O)(=O)N1CC[C@@H](C(=O)Nc2ccc(OC(F)(F)F)cc2)C1. The van der Waals surface area contributed by atoms with Gasteiger partial charge in [0.05, 0.1) is 5.92 Å². The van der Waals surface area contributed by atoms with Crippen molar-refractivity contribution in [2.24, 2.45) is 5.92 Å². The molecular weight excluding hydrogens is 361 g/mol. The third kappa shape index (κ3) is 4.95. The van der Waals surface area contributed by atoms with E-state index in [1.54, 1.807) is 0 Å². The predicted molar refractivity (Wildman–Crippen MR) is 85.2 cm³/mol. The second kappa shape index (κ2) is 7.04. The summed E-state index contributed by atoms with van der Waals surface area (Å²) in [6.07, 6.45) is -4.43. The van der Waals surface area contributed by atoms with Crippen LogP contribution in [0.5, 0.6) is 5.75 Å². The van der Waals surface area contributed by atoms with Gasteiger partial charge in [0.15, 0.2) is 0 Å². The molecule has 2 rings (SSSR count). The third-order valence-corrected chi connectivity index (χ3v) is 5.55. The lowest BCUT2D eigenvalue weighted by atomic mass is 10.1. The number of rotatable bonds is 5. The van der Waals surface area contributed by atoms with E-state index in [-0.39, 0.29) is 18.0 Å². The minimum Gasteiger partial charge on any atom is -0.406 e. The summed E-state index contributed by atoms with van der Waals surface area (Å²) >= 11 is 0. The molecule has 138 valence electrons. The molecule has 1 aliphatic rings. The number of carbonyl (C=O) groups is 1. The van der Waals surface area contributed by atoms with Gasteiger partial charge in [-0.25, -0.2) is 8.42 Å². The highest BCUT2D eigenvalue weighted by Gasteiger charge is 2.35. The predicted octanol–water partition coefficient (Wildman–Crippen LogP) is 2.71. The Bertz CT molecular complexity index is 760. The van der Waals surface area contributed by atoms with Crippen LogP contribution in [0, 0.1) is 5.92 Å². The Hall–Kier alpha value is -2.07. The first kappa shape index (κ1) is 19.3. The van der Waals surface area contributed by atoms with Crippen LogP contribution in [0.1, 0.15) is 13.3 Å². The molecule has 25 heavy (non-hydrogen) atoms. The van der Waals surface area contributed by atoms with E-state index in [2.05, 4.69) is 16.6 Å². The van der Waals surface area contributed by atoms with Gasteiger partial charge >= 0.3 is 6.36 Å². The van der Waals surface area contributed by atoms with E-state index in [9.17, 15) is 26.4 Å². The standard InChI is InChI=1S/C15H17F3N2O4S/c1-10(2)25(22,23)20-8-7-11(9-20)14(21)19-12-3-5-13(6-4-12)24-15(16,17)18/h3-6,11H,1,7-9H2,2H3,(H,19,21)/t11-/m1/s1. The van der Waals surface area contributed by atoms with Crippen molar-refractivity contribution < 1.29 is 31.1 Å². The molecule has 10 heteroatoms. The molecule has 6 nitrogen and oxygen atoms in total. The van der Waals surface area contributed by atoms with Crippen LogP contribution in [0.2, 0.25) is 0 Å². The molecule has 0 aliphatic carbocycles. The summed E-state index contributed by atoms with van der Waals surface area (Å²) in [4.78, 5) is 12.2. The quantitative estimate of drug-likeness (QED) is 0.855. The van der Waals surface area contributed by atoms with E-state index in [0.29, 0.717) is 12.1 Å². The number of allylic oxidation sites excluding steroid dienone is 1. The number of ether oxygens (including phenoxy) is 1. The highest BCUT2D eigenvalue weighted by atomic mass is 32.2. The van der Waals surface area contributed by atoms with E-state index in [4.69, 9.17) is 0 Å². The monoisotopic (exact) mass is 378 g/mol. The molecule has 1 aromatic rings. The molecule has 1 amide bonds. The summed E-state index contributed by atoms with van der Waals surface area (Å²) in [5, 5.41) is 2.56. The fourth-order valence-corrected chi connectivity index (χ4v) is 3.53. The maximum Gasteiger partial charge on any atom is 0.573 e. The summed E-state index contributed by atoms with van der Waals surface area (Å²) in [7, 11) is -3.60. The van der Waals surface area contributed by atoms with Crippen molar-refractivity contribution >= 4 is 21.6 Å². The van der Waals surface area contributed by atoms with Gasteiger partial charge in [0.1, 0.15) is 5.75 Å². The number of benzene rings is 1. The van der Waals surface area contributed by atoms with E-state index in [1.165, 1.54) is 23.4 Å². The Morgan fingerprint density at radius 3 is 2.44 bits per heavy atom. The number of anilines is 1. The van der Waals surface area contributed by atoms with Gasteiger partial charge in [0.25, 0.3) is 0 Å². The van der Waals surface area contributed by atoms with E-state index in [0.717, 1.165) is 12.1 Å². The molecule has 1 heterocycles. The van der Waals surface area contributed by atoms with Crippen molar-refractivity contribution in [3.63, 3.8) is 0 Å². The van der Waals surface area contributed by atoms with Gasteiger partial charge in [-0.3, -0.25) is 4.79 Å². The number of nitrogens with one attached hydrogen (secondary N) is 1. The van der Waals surface area contributed by atoms with Crippen LogP contribution in [-0.2, 0) is 14.8 Å². The van der Waals surface area contributed by atoms with Crippen molar-refractivity contribution in [3.05, 3.63) is 35.7 Å². The number of halogens is 3. The van der Waals surface area contributed by atoms with Crippen LogP contribution in [-0.4, -0.2) is 38.1 Å². The number of sulfonamides is 1. The number of carbonyl (C=O) groups excluding carboxylic acids is 1. The van der Waals surface area contributed by atoms with Gasteiger partial charge in [-0.15, -0.1) is 13.2 Å². The fourth-order valence-electron chi connectivity index (χ4n) is 2.37. The lowest BCUT2D eigenvalue weighted by Gasteiger charge is -2.16. The number of amides is 1. The highest BCUT2D eigenvalue weighted by molar-refractivity contribution is 7.92. The number of alkyl halides is 3. The minimum atomic E-state index is -4.78. The highest BCUT2D eigenvalue weighted by Crippen LogP contribution is 2.26. The normalized spacial score (nSPS) is 18.8. The Morgan fingerprint density at radius 2 is 1.92 bits per heavy atom. The molecule has 0 unspecified atom stereocenters. The zero-order valence-electron chi connectivity index (χ0n) is 13.3. The van der Waals surface area contributed by atoms with Crippen molar-refractivity contribution in [1.82, 2.24) is 4.31 Å². The van der Waals surface area contributed by atoms with Crippen molar-refractivity contribution in [1.29, 1.82) is 0 Å². The minimum absolute atomic E-state index is 0.00816. The Balaban J connectivity index is 1.96. The molecule has 1 fully saturated rings. The summed E-state index contributed by atoms with van der Waals surface area (Å²) in [6, 6.07) is 4.71. The van der Waals surface area contributed by atoms with Crippen LogP contribution >= 0.6 is 0 Å². The smallest absolute Gasteiger partial charge is 0.406 e. The molecular formula is C15H17F3N2O4S. The molecule has 1 saturated heterocycles. The number of hydrogen-bond donors (Lipinski definition) is 1. The zero-order chi connectivity index (χ0) is 18.8. The summed E-state index contributed by atoms with van der Waals surface area (Å²) in [6.45, 7) is 5.05. The topological polar surface area (TPSA) is 75.7 Å². The molecule has 0 aromatic heterocycles. The van der Waals surface area contributed by atoms with Crippen LogP contribution in [0.4, 0.5) is 18.9 Å². The van der Waals surface area contributed by atoms with Gasteiger partial charge in [0.2, 0.25) is 15.9 Å². The maximum absolute atomic E-state index is 12.2. The number of hydrogen-bond acceptors (Lipinski definition) is 4. The molecule has 0 spiro atoms. The Morgan fingerprint density at radius 1 is 1.32 bits per heavy atom. The van der Waals surface area contributed by atoms with Crippen LogP contribution in [0.25, 0.3) is 0 Å². The molecule has 1 aromatic carbocycles. The lowest BCUT2D eigenvalue weighted by Crippen LogP contribution is -2.31. The molecule has 0 radical (unpaired) electrons. The van der Waals surface area contributed by atoms with Crippen molar-refractivity contribution in [3.8, 4) is 5.75 Å². The largest absolute Gasteiger partial charge is 0.573 e. The molecule has 1 atom stereocenters. The average Bonchev–Trinajstić information content (AvgIpc) is 2.98. The second-order valence-corrected chi connectivity index (χ2v) is 7.78. The van der Waals surface area contributed by atoms with E-state index in [1.807, 2.05) is 0 Å².